The van der Waals surface area contributed by atoms with Crippen LogP contribution < -0.4 is 10.2 Å². The fourth-order valence-corrected chi connectivity index (χ4v) is 4.39. The summed E-state index contributed by atoms with van der Waals surface area (Å²) in [5.41, 5.74) is 3.43. The van der Waals surface area contributed by atoms with Gasteiger partial charge in [0.2, 0.25) is 5.91 Å². The molecule has 1 atom stereocenters. The number of hydrogen-bond donors (Lipinski definition) is 2. The van der Waals surface area contributed by atoms with Crippen LogP contribution >= 0.6 is 0 Å². The van der Waals surface area contributed by atoms with Crippen LogP contribution in [0.2, 0.25) is 0 Å². The summed E-state index contributed by atoms with van der Waals surface area (Å²) in [5, 5.41) is 13.0. The Morgan fingerprint density at radius 2 is 1.74 bits per heavy atom. The second kappa shape index (κ2) is 10.5. The Kier molecular flexibility index (Phi) is 7.21. The number of phenolic OH excluding ortho intramolecular Hbond substituents is 1. The lowest BCUT2D eigenvalue weighted by molar-refractivity contribution is -0.123. The zero-order chi connectivity index (χ0) is 24.1. The molecule has 1 unspecified atom stereocenters. The molecule has 1 aromatic heterocycles. The van der Waals surface area contributed by atoms with Crippen molar-refractivity contribution in [2.75, 3.05) is 4.90 Å². The van der Waals surface area contributed by atoms with Gasteiger partial charge in [-0.25, -0.2) is 4.98 Å². The Morgan fingerprint density at radius 1 is 1.00 bits per heavy atom. The molecule has 1 aliphatic rings. The van der Waals surface area contributed by atoms with Crippen LogP contribution in [0.5, 0.6) is 5.75 Å². The van der Waals surface area contributed by atoms with Crippen molar-refractivity contribution in [3.05, 3.63) is 83.4 Å². The summed E-state index contributed by atoms with van der Waals surface area (Å²) in [5.74, 6) is -0.588. The Balaban J connectivity index is 1.82. The van der Waals surface area contributed by atoms with Crippen LogP contribution in [0, 0.1) is 13.8 Å². The molecule has 0 aliphatic heterocycles. The standard InChI is InChI=1S/C27H30N4O3/c1-18-8-11-22(16-19(18)2)31(27(34)24-17-28-14-15-29-24)25(20-9-12-23(32)13-10-20)26(33)30-21-6-4-3-5-7-21/h8-17,21,25,32H,3-7H2,1-2H3,(H,30,33). The molecule has 7 heteroatoms. The maximum absolute atomic E-state index is 13.8. The Labute approximate surface area is 199 Å². The van der Waals surface area contributed by atoms with E-state index in [0.29, 0.717) is 11.3 Å². The van der Waals surface area contributed by atoms with E-state index in [1.807, 2.05) is 32.0 Å². The summed E-state index contributed by atoms with van der Waals surface area (Å²) in [6.07, 6.45) is 9.55. The highest BCUT2D eigenvalue weighted by Crippen LogP contribution is 2.32. The van der Waals surface area contributed by atoms with Crippen LogP contribution in [0.3, 0.4) is 0 Å². The highest BCUT2D eigenvalue weighted by Gasteiger charge is 2.35. The SMILES string of the molecule is Cc1ccc(N(C(=O)c2cnccn2)C(C(=O)NC2CCCCC2)c2ccc(O)cc2)cc1C. The Bertz CT molecular complexity index is 1140. The summed E-state index contributed by atoms with van der Waals surface area (Å²) < 4.78 is 0. The molecule has 4 rings (SSSR count). The highest BCUT2D eigenvalue weighted by molar-refractivity contribution is 6.09. The number of aryl methyl sites for hydroxylation is 2. The zero-order valence-electron chi connectivity index (χ0n) is 19.6. The largest absolute Gasteiger partial charge is 0.508 e. The number of anilines is 1. The summed E-state index contributed by atoms with van der Waals surface area (Å²) in [6.45, 7) is 3.97. The molecular formula is C27H30N4O3. The van der Waals surface area contributed by atoms with Crippen molar-refractivity contribution < 1.29 is 14.7 Å². The molecule has 2 amide bonds. The minimum absolute atomic E-state index is 0.0779. The van der Waals surface area contributed by atoms with Gasteiger partial charge in [-0.2, -0.15) is 0 Å². The van der Waals surface area contributed by atoms with E-state index in [-0.39, 0.29) is 23.4 Å². The lowest BCUT2D eigenvalue weighted by Crippen LogP contribution is -2.47. The van der Waals surface area contributed by atoms with E-state index in [4.69, 9.17) is 0 Å². The van der Waals surface area contributed by atoms with E-state index in [9.17, 15) is 14.7 Å². The van der Waals surface area contributed by atoms with Crippen molar-refractivity contribution in [2.24, 2.45) is 0 Å². The van der Waals surface area contributed by atoms with Crippen LogP contribution in [-0.2, 0) is 4.79 Å². The third kappa shape index (κ3) is 5.25. The second-order valence-electron chi connectivity index (χ2n) is 8.87. The van der Waals surface area contributed by atoms with E-state index in [0.717, 1.165) is 36.8 Å². The van der Waals surface area contributed by atoms with Gasteiger partial charge in [0.1, 0.15) is 17.5 Å². The van der Waals surface area contributed by atoms with Gasteiger partial charge in [0.25, 0.3) is 5.91 Å². The van der Waals surface area contributed by atoms with Gasteiger partial charge >= 0.3 is 0 Å². The molecule has 176 valence electrons. The quantitative estimate of drug-likeness (QED) is 0.561. The molecule has 2 aromatic carbocycles. The number of carbonyl (C=O) groups excluding carboxylic acids is 2. The predicted molar refractivity (Wildman–Crippen MR) is 131 cm³/mol. The maximum atomic E-state index is 13.8. The van der Waals surface area contributed by atoms with Crippen LogP contribution in [0.25, 0.3) is 0 Å². The number of phenols is 1. The van der Waals surface area contributed by atoms with E-state index in [2.05, 4.69) is 15.3 Å². The van der Waals surface area contributed by atoms with Crippen molar-refractivity contribution in [1.82, 2.24) is 15.3 Å². The summed E-state index contributed by atoms with van der Waals surface area (Å²) >= 11 is 0. The third-order valence-electron chi connectivity index (χ3n) is 6.44. The first kappa shape index (κ1) is 23.4. The van der Waals surface area contributed by atoms with Gasteiger partial charge in [0.15, 0.2) is 0 Å². The molecule has 34 heavy (non-hydrogen) atoms. The molecule has 2 N–H and O–H groups in total. The molecule has 0 radical (unpaired) electrons. The van der Waals surface area contributed by atoms with E-state index in [1.165, 1.54) is 42.0 Å². The molecule has 7 nitrogen and oxygen atoms in total. The number of carbonyl (C=O) groups is 2. The number of benzene rings is 2. The number of nitrogens with zero attached hydrogens (tertiary/aromatic N) is 3. The molecule has 3 aromatic rings. The first-order chi connectivity index (χ1) is 16.4. The predicted octanol–water partition coefficient (Wildman–Crippen LogP) is 4.64. The topological polar surface area (TPSA) is 95.4 Å². The lowest BCUT2D eigenvalue weighted by atomic mass is 9.94. The summed E-state index contributed by atoms with van der Waals surface area (Å²) in [4.78, 5) is 37.4. The number of hydrogen-bond acceptors (Lipinski definition) is 5. The molecule has 0 saturated heterocycles. The van der Waals surface area contributed by atoms with Crippen LogP contribution in [0.4, 0.5) is 5.69 Å². The number of nitrogens with one attached hydrogen (secondary N) is 1. The molecule has 1 saturated carbocycles. The second-order valence-corrected chi connectivity index (χ2v) is 8.87. The normalized spacial score (nSPS) is 14.9. The van der Waals surface area contributed by atoms with Gasteiger partial charge in [-0.1, -0.05) is 37.5 Å². The number of aromatic hydroxyl groups is 1. The van der Waals surface area contributed by atoms with Gasteiger partial charge in [0.05, 0.1) is 6.20 Å². The van der Waals surface area contributed by atoms with Gasteiger partial charge in [-0.05, 0) is 67.6 Å². The van der Waals surface area contributed by atoms with Crippen LogP contribution in [0.1, 0.15) is 65.3 Å². The summed E-state index contributed by atoms with van der Waals surface area (Å²) in [7, 11) is 0. The molecule has 1 fully saturated rings. The van der Waals surface area contributed by atoms with Gasteiger partial charge in [0, 0.05) is 24.1 Å². The van der Waals surface area contributed by atoms with Crippen molar-refractivity contribution in [1.29, 1.82) is 0 Å². The van der Waals surface area contributed by atoms with E-state index >= 15 is 0 Å². The van der Waals surface area contributed by atoms with Crippen molar-refractivity contribution >= 4 is 17.5 Å². The Morgan fingerprint density at radius 3 is 2.38 bits per heavy atom. The average Bonchev–Trinajstić information content (AvgIpc) is 2.86. The smallest absolute Gasteiger partial charge is 0.279 e. The summed E-state index contributed by atoms with van der Waals surface area (Å²) in [6, 6.07) is 11.2. The fraction of sp³-hybridized carbons (Fsp3) is 0.333. The number of rotatable bonds is 6. The first-order valence-electron chi connectivity index (χ1n) is 11.7. The van der Waals surface area contributed by atoms with Gasteiger partial charge in [-0.15, -0.1) is 0 Å². The van der Waals surface area contributed by atoms with Crippen molar-refractivity contribution in [3.63, 3.8) is 0 Å². The zero-order valence-corrected chi connectivity index (χ0v) is 19.6. The van der Waals surface area contributed by atoms with Crippen LogP contribution in [-0.4, -0.2) is 32.9 Å². The minimum Gasteiger partial charge on any atom is -0.508 e. The number of aromatic nitrogens is 2. The molecule has 1 heterocycles. The first-order valence-corrected chi connectivity index (χ1v) is 11.7. The Hall–Kier alpha value is -3.74. The molecule has 1 aliphatic carbocycles. The lowest BCUT2D eigenvalue weighted by Gasteiger charge is -2.33. The average molecular weight is 459 g/mol. The van der Waals surface area contributed by atoms with Crippen LogP contribution in [0.15, 0.2) is 61.1 Å². The highest BCUT2D eigenvalue weighted by atomic mass is 16.3. The molecule has 0 bridgehead atoms. The maximum Gasteiger partial charge on any atom is 0.279 e. The minimum atomic E-state index is -0.945. The third-order valence-corrected chi connectivity index (χ3v) is 6.44. The molecule has 0 spiro atoms. The van der Waals surface area contributed by atoms with E-state index in [1.54, 1.807) is 12.1 Å². The van der Waals surface area contributed by atoms with Crippen molar-refractivity contribution in [2.45, 2.75) is 58.0 Å². The number of amides is 2. The fourth-order valence-electron chi connectivity index (χ4n) is 4.39. The van der Waals surface area contributed by atoms with Crippen molar-refractivity contribution in [3.8, 4) is 5.75 Å². The monoisotopic (exact) mass is 458 g/mol. The van der Waals surface area contributed by atoms with Gasteiger partial charge < -0.3 is 10.4 Å². The van der Waals surface area contributed by atoms with Gasteiger partial charge in [-0.3, -0.25) is 19.5 Å². The molecular weight excluding hydrogens is 428 g/mol. The van der Waals surface area contributed by atoms with E-state index < -0.39 is 11.9 Å².